The van der Waals surface area contributed by atoms with E-state index in [1.54, 1.807) is 27.9 Å². The number of ether oxygens (including phenoxy) is 1. The maximum absolute atomic E-state index is 12.4. The Morgan fingerprint density at radius 1 is 1.36 bits per heavy atom. The highest BCUT2D eigenvalue weighted by molar-refractivity contribution is 8.04. The van der Waals surface area contributed by atoms with Crippen molar-refractivity contribution in [3.63, 3.8) is 0 Å². The van der Waals surface area contributed by atoms with Gasteiger partial charge in [-0.25, -0.2) is 0 Å². The van der Waals surface area contributed by atoms with Gasteiger partial charge >= 0.3 is 0 Å². The quantitative estimate of drug-likeness (QED) is 0.761. The van der Waals surface area contributed by atoms with Crippen LogP contribution >= 0.6 is 11.8 Å². The second kappa shape index (κ2) is 8.81. The number of hydrogen-bond donors (Lipinski definition) is 2. The summed E-state index contributed by atoms with van der Waals surface area (Å²) in [6.07, 6.45) is 0. The van der Waals surface area contributed by atoms with Gasteiger partial charge in [0.1, 0.15) is 11.7 Å². The van der Waals surface area contributed by atoms with Crippen molar-refractivity contribution in [1.29, 1.82) is 10.5 Å². The minimum atomic E-state index is -0.953. The summed E-state index contributed by atoms with van der Waals surface area (Å²) in [5.41, 5.74) is 0.304. The number of hydrogen-bond acceptors (Lipinski definition) is 6. The average Bonchev–Trinajstić information content (AvgIpc) is 2.66. The molecule has 2 N–H and O–H groups in total. The van der Waals surface area contributed by atoms with E-state index in [9.17, 15) is 20.1 Å². The highest BCUT2D eigenvalue weighted by Gasteiger charge is 2.45. The predicted octanol–water partition coefficient (Wildman–Crippen LogP) is 2.46. The number of amides is 2. The first kappa shape index (κ1) is 21.3. The minimum Gasteiger partial charge on any atom is -0.497 e. The number of allylic oxidation sites excluding steroid dienone is 1. The highest BCUT2D eigenvalue weighted by Crippen LogP contribution is 2.42. The van der Waals surface area contributed by atoms with E-state index < -0.39 is 22.5 Å². The summed E-state index contributed by atoms with van der Waals surface area (Å²) < 4.78 is 5.10. The molecule has 8 heteroatoms. The van der Waals surface area contributed by atoms with Gasteiger partial charge in [-0.2, -0.15) is 10.5 Å². The zero-order valence-corrected chi connectivity index (χ0v) is 17.0. The van der Waals surface area contributed by atoms with Crippen molar-refractivity contribution >= 4 is 23.6 Å². The fourth-order valence-electron chi connectivity index (χ4n) is 2.82. The van der Waals surface area contributed by atoms with Gasteiger partial charge < -0.3 is 15.4 Å². The van der Waals surface area contributed by atoms with Crippen molar-refractivity contribution in [2.45, 2.75) is 32.6 Å². The van der Waals surface area contributed by atoms with Crippen molar-refractivity contribution < 1.29 is 14.3 Å². The Bertz CT molecular complexity index is 878. The summed E-state index contributed by atoms with van der Waals surface area (Å²) in [6.45, 7) is 5.43. The van der Waals surface area contributed by atoms with Gasteiger partial charge in [-0.3, -0.25) is 9.59 Å². The topological polar surface area (TPSA) is 115 Å². The van der Waals surface area contributed by atoms with Gasteiger partial charge in [-0.15, -0.1) is 0 Å². The molecule has 0 bridgehead atoms. The maximum atomic E-state index is 12.4. The molecule has 28 heavy (non-hydrogen) atoms. The third-order valence-corrected chi connectivity index (χ3v) is 5.73. The van der Waals surface area contributed by atoms with E-state index in [-0.39, 0.29) is 5.91 Å². The van der Waals surface area contributed by atoms with Gasteiger partial charge in [0.25, 0.3) is 0 Å². The standard InChI is InChI=1S/C20H22N4O3S/c1-12(17(25)23-11-13-5-7-14(27-4)8-6-13)28-19-16(10-22)20(2,3)15(9-21)18(26)24-19/h5-8,12,15H,11H2,1-4H3,(H,23,25)(H,24,26)/t12-,15-/m0/s1. The molecule has 1 aromatic carbocycles. The van der Waals surface area contributed by atoms with Crippen LogP contribution in [0.3, 0.4) is 0 Å². The van der Waals surface area contributed by atoms with E-state index >= 15 is 0 Å². The second-order valence-corrected chi connectivity index (χ2v) is 8.27. The fourth-order valence-corrected chi connectivity index (χ4v) is 3.95. The average molecular weight is 398 g/mol. The number of methoxy groups -OCH3 is 1. The molecule has 0 saturated heterocycles. The van der Waals surface area contributed by atoms with Crippen LogP contribution in [0.4, 0.5) is 0 Å². The van der Waals surface area contributed by atoms with E-state index in [1.165, 1.54) is 0 Å². The molecular formula is C20H22N4O3S. The Balaban J connectivity index is 2.07. The smallest absolute Gasteiger partial charge is 0.243 e. The Hall–Kier alpha value is -2.97. The molecule has 0 unspecified atom stereocenters. The molecule has 146 valence electrons. The number of nitriles is 2. The van der Waals surface area contributed by atoms with Crippen LogP contribution in [0, 0.1) is 34.0 Å². The molecule has 1 aliphatic heterocycles. The molecule has 2 amide bonds. The molecule has 0 spiro atoms. The van der Waals surface area contributed by atoms with Crippen LogP contribution < -0.4 is 15.4 Å². The van der Waals surface area contributed by atoms with Crippen LogP contribution in [0.2, 0.25) is 0 Å². The summed E-state index contributed by atoms with van der Waals surface area (Å²) in [4.78, 5) is 24.7. The van der Waals surface area contributed by atoms with Crippen molar-refractivity contribution in [1.82, 2.24) is 10.6 Å². The van der Waals surface area contributed by atoms with Crippen LogP contribution in [0.25, 0.3) is 0 Å². The second-order valence-electron chi connectivity index (χ2n) is 6.91. The number of benzene rings is 1. The lowest BCUT2D eigenvalue weighted by molar-refractivity contribution is -0.125. The number of nitrogens with zero attached hydrogens (tertiary/aromatic N) is 2. The molecule has 1 heterocycles. The van der Waals surface area contributed by atoms with Gasteiger partial charge in [0, 0.05) is 12.0 Å². The number of carbonyl (C=O) groups excluding carboxylic acids is 2. The zero-order valence-electron chi connectivity index (χ0n) is 16.2. The Labute approximate surface area is 168 Å². The lowest BCUT2D eigenvalue weighted by Crippen LogP contribution is -2.45. The zero-order chi connectivity index (χ0) is 20.9. The van der Waals surface area contributed by atoms with E-state index in [0.29, 0.717) is 17.1 Å². The number of nitrogens with one attached hydrogen (secondary N) is 2. The lowest BCUT2D eigenvalue weighted by Gasteiger charge is -2.35. The number of thioether (sulfide) groups is 1. The van der Waals surface area contributed by atoms with E-state index in [4.69, 9.17) is 4.74 Å². The van der Waals surface area contributed by atoms with Crippen molar-refractivity contribution in [3.05, 3.63) is 40.4 Å². The molecule has 2 atom stereocenters. The third-order valence-electron chi connectivity index (χ3n) is 4.62. The van der Waals surface area contributed by atoms with Crippen molar-refractivity contribution in [2.24, 2.45) is 11.3 Å². The summed E-state index contributed by atoms with van der Waals surface area (Å²) in [5.74, 6) is -0.896. The van der Waals surface area contributed by atoms with Crippen LogP contribution in [-0.2, 0) is 16.1 Å². The Kier molecular flexibility index (Phi) is 6.71. The van der Waals surface area contributed by atoms with Crippen molar-refractivity contribution in [3.8, 4) is 17.9 Å². The fraction of sp³-hybridized carbons (Fsp3) is 0.400. The molecule has 1 aliphatic rings. The normalized spacial score (nSPS) is 19.1. The van der Waals surface area contributed by atoms with Gasteiger partial charge in [0.2, 0.25) is 11.8 Å². The summed E-state index contributed by atoms with van der Waals surface area (Å²) in [6, 6.07) is 11.4. The first-order valence-corrected chi connectivity index (χ1v) is 9.55. The van der Waals surface area contributed by atoms with E-state index in [2.05, 4.69) is 16.7 Å². The predicted molar refractivity (Wildman–Crippen MR) is 106 cm³/mol. The molecule has 2 rings (SSSR count). The Morgan fingerprint density at radius 3 is 2.54 bits per heavy atom. The van der Waals surface area contributed by atoms with Crippen LogP contribution in [0.5, 0.6) is 5.75 Å². The van der Waals surface area contributed by atoms with Gasteiger partial charge in [-0.05, 0) is 24.6 Å². The van der Waals surface area contributed by atoms with Crippen LogP contribution in [0.15, 0.2) is 34.9 Å². The summed E-state index contributed by atoms with van der Waals surface area (Å²) in [5, 5.41) is 24.1. The first-order chi connectivity index (χ1) is 13.2. The van der Waals surface area contributed by atoms with Crippen LogP contribution in [-0.4, -0.2) is 24.2 Å². The van der Waals surface area contributed by atoms with E-state index in [0.717, 1.165) is 23.1 Å². The summed E-state index contributed by atoms with van der Waals surface area (Å²) >= 11 is 1.10. The number of rotatable bonds is 6. The van der Waals surface area contributed by atoms with Gasteiger partial charge in [-0.1, -0.05) is 37.7 Å². The van der Waals surface area contributed by atoms with Crippen LogP contribution in [0.1, 0.15) is 26.3 Å². The molecule has 0 radical (unpaired) electrons. The van der Waals surface area contributed by atoms with Gasteiger partial charge in [0.15, 0.2) is 0 Å². The highest BCUT2D eigenvalue weighted by atomic mass is 32.2. The maximum Gasteiger partial charge on any atom is 0.243 e. The molecule has 1 aromatic rings. The summed E-state index contributed by atoms with van der Waals surface area (Å²) in [7, 11) is 1.59. The minimum absolute atomic E-state index is 0.222. The molecule has 0 aromatic heterocycles. The molecule has 0 fully saturated rings. The molecule has 7 nitrogen and oxygen atoms in total. The number of carbonyl (C=O) groups is 2. The Morgan fingerprint density at radius 2 is 2.00 bits per heavy atom. The lowest BCUT2D eigenvalue weighted by atomic mass is 9.72. The SMILES string of the molecule is COc1ccc(CNC(=O)[C@H](C)SC2=C(C#N)C(C)(C)[C@@H](C#N)C(=O)N2)cc1. The molecule has 0 saturated carbocycles. The molecule has 0 aliphatic carbocycles. The molecular weight excluding hydrogens is 376 g/mol. The monoisotopic (exact) mass is 398 g/mol. The van der Waals surface area contributed by atoms with Gasteiger partial charge in [0.05, 0.1) is 35.1 Å². The largest absolute Gasteiger partial charge is 0.497 e. The van der Waals surface area contributed by atoms with E-state index in [1.807, 2.05) is 30.3 Å². The third kappa shape index (κ3) is 4.47. The van der Waals surface area contributed by atoms with Crippen molar-refractivity contribution in [2.75, 3.05) is 7.11 Å². The first-order valence-electron chi connectivity index (χ1n) is 8.67.